The molecule has 0 aliphatic heterocycles. The second-order valence-corrected chi connectivity index (χ2v) is 6.42. The van der Waals surface area contributed by atoms with Gasteiger partial charge < -0.3 is 19.5 Å². The molecule has 0 aliphatic rings. The van der Waals surface area contributed by atoms with E-state index in [0.717, 1.165) is 17.8 Å². The van der Waals surface area contributed by atoms with Crippen molar-refractivity contribution in [3.63, 3.8) is 0 Å². The fourth-order valence-corrected chi connectivity index (χ4v) is 2.42. The third kappa shape index (κ3) is 6.54. The summed E-state index contributed by atoms with van der Waals surface area (Å²) in [6.07, 6.45) is 0. The summed E-state index contributed by atoms with van der Waals surface area (Å²) in [6, 6.07) is 8.48. The van der Waals surface area contributed by atoms with E-state index in [-0.39, 0.29) is 5.75 Å². The first kappa shape index (κ1) is 20.7. The number of halogens is 2. The van der Waals surface area contributed by atoms with E-state index < -0.39 is 6.61 Å². The van der Waals surface area contributed by atoms with Crippen LogP contribution in [0.25, 0.3) is 0 Å². The summed E-state index contributed by atoms with van der Waals surface area (Å²) in [6.45, 7) is 4.95. The van der Waals surface area contributed by atoms with Crippen LogP contribution in [0, 0.1) is 0 Å². The van der Waals surface area contributed by atoms with Crippen molar-refractivity contribution in [2.75, 3.05) is 13.6 Å². The molecule has 27 heavy (non-hydrogen) atoms. The van der Waals surface area contributed by atoms with E-state index >= 15 is 0 Å². The summed E-state index contributed by atoms with van der Waals surface area (Å²) < 4.78 is 34.1. The molecule has 0 spiro atoms. The number of aromatic nitrogens is 1. The van der Waals surface area contributed by atoms with Crippen LogP contribution in [0.5, 0.6) is 5.75 Å². The van der Waals surface area contributed by atoms with Gasteiger partial charge in [0.05, 0.1) is 5.69 Å². The number of alkyl halides is 2. The first-order valence-corrected chi connectivity index (χ1v) is 8.87. The Morgan fingerprint density at radius 3 is 2.56 bits per heavy atom. The van der Waals surface area contributed by atoms with Gasteiger partial charge in [-0.25, -0.2) is 4.99 Å². The molecule has 1 aromatic carbocycles. The van der Waals surface area contributed by atoms with Crippen LogP contribution >= 0.6 is 0 Å². The summed E-state index contributed by atoms with van der Waals surface area (Å²) >= 11 is 0. The number of ether oxygens (including phenoxy) is 1. The summed E-state index contributed by atoms with van der Waals surface area (Å²) in [5, 5.41) is 7.27. The molecule has 0 saturated heterocycles. The molecule has 1 heterocycles. The van der Waals surface area contributed by atoms with E-state index in [9.17, 15) is 8.78 Å². The van der Waals surface area contributed by atoms with Crippen molar-refractivity contribution in [1.29, 1.82) is 0 Å². The first-order chi connectivity index (χ1) is 12.9. The lowest BCUT2D eigenvalue weighted by Crippen LogP contribution is -2.38. The van der Waals surface area contributed by atoms with Crippen molar-refractivity contribution in [3.05, 3.63) is 47.3 Å². The topological polar surface area (TPSA) is 62.9 Å². The average Bonchev–Trinajstić information content (AvgIpc) is 3.09. The van der Waals surface area contributed by atoms with Crippen LogP contribution in [0.15, 0.2) is 39.8 Å². The van der Waals surface area contributed by atoms with Crippen LogP contribution in [-0.4, -0.2) is 36.2 Å². The van der Waals surface area contributed by atoms with Crippen molar-refractivity contribution in [2.45, 2.75) is 46.4 Å². The average molecular weight is 380 g/mol. The summed E-state index contributed by atoms with van der Waals surface area (Å²) in [5.74, 6) is 1.87. The lowest BCUT2D eigenvalue weighted by atomic mass is 10.1. The summed E-state index contributed by atoms with van der Waals surface area (Å²) in [4.78, 5) is 6.53. The van der Waals surface area contributed by atoms with Gasteiger partial charge in [-0.3, -0.25) is 0 Å². The van der Waals surface area contributed by atoms with Crippen molar-refractivity contribution >= 4 is 5.96 Å². The summed E-state index contributed by atoms with van der Waals surface area (Å²) in [5.41, 5.74) is 1.86. The van der Waals surface area contributed by atoms with Gasteiger partial charge in [0.2, 0.25) is 0 Å². The molecule has 0 aliphatic carbocycles. The maximum Gasteiger partial charge on any atom is 0.387 e. The van der Waals surface area contributed by atoms with E-state index in [4.69, 9.17) is 4.52 Å². The number of hydrogen-bond donors (Lipinski definition) is 1. The monoisotopic (exact) mass is 380 g/mol. The normalized spacial score (nSPS) is 11.9. The molecule has 0 bridgehead atoms. The molecule has 1 N–H and O–H groups in total. The Hall–Kier alpha value is -2.64. The molecule has 0 fully saturated rings. The predicted molar refractivity (Wildman–Crippen MR) is 99.9 cm³/mol. The molecular formula is C19H26F2N4O2. The van der Waals surface area contributed by atoms with Gasteiger partial charge >= 0.3 is 6.61 Å². The molecule has 2 aromatic rings. The maximum absolute atomic E-state index is 12.2. The van der Waals surface area contributed by atoms with Crippen LogP contribution in [0.2, 0.25) is 0 Å². The Labute approximate surface area is 158 Å². The standard InChI is InChI=1S/C19H26F2N4O2/c1-5-22-19(23-11-16-10-17(13(2)3)24-27-16)25(4)12-14-6-8-15(9-7-14)26-18(20)21/h6-10,13,18H,5,11-12H2,1-4H3,(H,22,23). The molecule has 0 radical (unpaired) electrons. The minimum atomic E-state index is -2.82. The zero-order valence-corrected chi connectivity index (χ0v) is 16.1. The number of nitrogens with zero attached hydrogens (tertiary/aromatic N) is 3. The van der Waals surface area contributed by atoms with E-state index in [1.54, 1.807) is 12.1 Å². The third-order valence-electron chi connectivity index (χ3n) is 3.82. The largest absolute Gasteiger partial charge is 0.435 e. The minimum absolute atomic E-state index is 0.142. The van der Waals surface area contributed by atoms with Gasteiger partial charge in [-0.2, -0.15) is 8.78 Å². The maximum atomic E-state index is 12.2. The number of hydrogen-bond acceptors (Lipinski definition) is 4. The molecule has 6 nitrogen and oxygen atoms in total. The van der Waals surface area contributed by atoms with Crippen LogP contribution in [-0.2, 0) is 13.1 Å². The second kappa shape index (κ2) is 9.89. The van der Waals surface area contributed by atoms with E-state index in [1.165, 1.54) is 12.1 Å². The Balaban J connectivity index is 2.01. The Morgan fingerprint density at radius 2 is 2.00 bits per heavy atom. The molecule has 0 saturated carbocycles. The van der Waals surface area contributed by atoms with Crippen LogP contribution in [0.1, 0.15) is 43.7 Å². The van der Waals surface area contributed by atoms with E-state index in [2.05, 4.69) is 34.1 Å². The second-order valence-electron chi connectivity index (χ2n) is 6.42. The fourth-order valence-electron chi connectivity index (χ4n) is 2.42. The van der Waals surface area contributed by atoms with Crippen molar-refractivity contribution in [3.8, 4) is 5.75 Å². The first-order valence-electron chi connectivity index (χ1n) is 8.87. The highest BCUT2D eigenvalue weighted by molar-refractivity contribution is 5.79. The lowest BCUT2D eigenvalue weighted by molar-refractivity contribution is -0.0498. The van der Waals surface area contributed by atoms with Crippen LogP contribution in [0.4, 0.5) is 8.78 Å². The smallest absolute Gasteiger partial charge is 0.387 e. The van der Waals surface area contributed by atoms with Gasteiger partial charge in [0.1, 0.15) is 12.3 Å². The molecule has 2 rings (SSSR count). The molecular weight excluding hydrogens is 354 g/mol. The highest BCUT2D eigenvalue weighted by Gasteiger charge is 2.10. The zero-order chi connectivity index (χ0) is 19.8. The predicted octanol–water partition coefficient (Wildman–Crippen LogP) is 4.00. The Bertz CT molecular complexity index is 730. The van der Waals surface area contributed by atoms with Gasteiger partial charge in [0.15, 0.2) is 11.7 Å². The number of nitrogens with one attached hydrogen (secondary N) is 1. The zero-order valence-electron chi connectivity index (χ0n) is 16.1. The SMILES string of the molecule is CCNC(=NCc1cc(C(C)C)no1)N(C)Cc1ccc(OC(F)F)cc1. The van der Waals surface area contributed by atoms with Crippen LogP contribution < -0.4 is 10.1 Å². The van der Waals surface area contributed by atoms with Gasteiger partial charge in [-0.15, -0.1) is 0 Å². The van der Waals surface area contributed by atoms with Crippen molar-refractivity contribution in [2.24, 2.45) is 4.99 Å². The van der Waals surface area contributed by atoms with E-state index in [1.807, 2.05) is 24.9 Å². The summed E-state index contributed by atoms with van der Waals surface area (Å²) in [7, 11) is 1.91. The van der Waals surface area contributed by atoms with Gasteiger partial charge in [0.25, 0.3) is 0 Å². The molecule has 148 valence electrons. The highest BCUT2D eigenvalue weighted by atomic mass is 19.3. The number of rotatable bonds is 8. The Kier molecular flexibility index (Phi) is 7.57. The minimum Gasteiger partial charge on any atom is -0.435 e. The molecule has 0 amide bonds. The number of aliphatic imine (C=N–C) groups is 1. The Morgan fingerprint density at radius 1 is 1.30 bits per heavy atom. The lowest BCUT2D eigenvalue weighted by Gasteiger charge is -2.22. The molecule has 0 unspecified atom stereocenters. The number of guanidine groups is 1. The fraction of sp³-hybridized carbons (Fsp3) is 0.474. The molecule has 8 heteroatoms. The van der Waals surface area contributed by atoms with Gasteiger partial charge in [0, 0.05) is 26.2 Å². The third-order valence-corrected chi connectivity index (χ3v) is 3.82. The van der Waals surface area contributed by atoms with Gasteiger partial charge in [-0.05, 0) is 30.5 Å². The van der Waals surface area contributed by atoms with Crippen LogP contribution in [0.3, 0.4) is 0 Å². The molecule has 1 aromatic heterocycles. The molecule has 0 atom stereocenters. The van der Waals surface area contributed by atoms with Crippen molar-refractivity contribution < 1.29 is 18.0 Å². The van der Waals surface area contributed by atoms with E-state index in [0.29, 0.717) is 30.7 Å². The quantitative estimate of drug-likeness (QED) is 0.554. The van der Waals surface area contributed by atoms with Gasteiger partial charge in [-0.1, -0.05) is 31.1 Å². The number of benzene rings is 1. The highest BCUT2D eigenvalue weighted by Crippen LogP contribution is 2.16. The van der Waals surface area contributed by atoms with Crippen molar-refractivity contribution in [1.82, 2.24) is 15.4 Å².